The first-order valence-corrected chi connectivity index (χ1v) is 11.2. The molecule has 1 atom stereocenters. The number of fused-ring (bicyclic) bond motifs is 2. The number of nitrogen functional groups attached to an aromatic ring is 1. The maximum atomic E-state index is 13.1. The molecular formula is C23H23ClN8O. The summed E-state index contributed by atoms with van der Waals surface area (Å²) in [6.45, 7) is 5.87. The van der Waals surface area contributed by atoms with E-state index in [1.807, 2.05) is 23.7 Å². The first kappa shape index (κ1) is 21.3. The zero-order chi connectivity index (χ0) is 23.3. The van der Waals surface area contributed by atoms with Crippen molar-refractivity contribution in [3.8, 4) is 11.5 Å². The summed E-state index contributed by atoms with van der Waals surface area (Å²) in [7, 11) is 0. The Labute approximate surface area is 195 Å². The Morgan fingerprint density at radius 1 is 1.18 bits per heavy atom. The maximum absolute atomic E-state index is 13.1. The molecule has 0 saturated carbocycles. The minimum atomic E-state index is -1.13. The Bertz CT molecular complexity index is 1400. The number of imidazole rings is 1. The smallest absolute Gasteiger partial charge is 0.242 e. The molecule has 1 amide bonds. The number of rotatable bonds is 5. The molecule has 1 aliphatic heterocycles. The van der Waals surface area contributed by atoms with Gasteiger partial charge in [-0.25, -0.2) is 19.9 Å². The standard InChI is InChI=1S/C23H23ClN8O/c1-4-5-6-14-21-27-9-12(2)32(21)11-15(28-14)19-29-18(25)17-20(30-19)31-22(33)23(17,3)16-8-7-13(24)10-26-16/h7-11H,4-6H2,1-3H3,(H3,25,29,30,31,33). The summed E-state index contributed by atoms with van der Waals surface area (Å²) in [6.07, 6.45) is 8.01. The van der Waals surface area contributed by atoms with Crippen LogP contribution in [-0.2, 0) is 16.6 Å². The number of nitrogens with one attached hydrogen (secondary N) is 1. The van der Waals surface area contributed by atoms with Gasteiger partial charge in [0.1, 0.15) is 22.7 Å². The molecule has 0 saturated heterocycles. The molecule has 1 aliphatic rings. The van der Waals surface area contributed by atoms with E-state index in [-0.39, 0.29) is 11.7 Å². The van der Waals surface area contributed by atoms with Crippen molar-refractivity contribution in [3.05, 3.63) is 58.4 Å². The number of hydrogen-bond donors (Lipinski definition) is 2. The minimum absolute atomic E-state index is 0.201. The van der Waals surface area contributed by atoms with E-state index >= 15 is 0 Å². The monoisotopic (exact) mass is 462 g/mol. The number of pyridine rings is 1. The molecule has 33 heavy (non-hydrogen) atoms. The molecular weight excluding hydrogens is 440 g/mol. The Morgan fingerprint density at radius 3 is 2.73 bits per heavy atom. The molecule has 0 aliphatic carbocycles. The lowest BCUT2D eigenvalue weighted by Gasteiger charge is -2.22. The summed E-state index contributed by atoms with van der Waals surface area (Å²) < 4.78 is 1.99. The van der Waals surface area contributed by atoms with E-state index in [0.717, 1.165) is 36.3 Å². The zero-order valence-corrected chi connectivity index (χ0v) is 19.3. The summed E-state index contributed by atoms with van der Waals surface area (Å²) in [5.74, 6) is 0.628. The summed E-state index contributed by atoms with van der Waals surface area (Å²) in [5.41, 5.74) is 9.55. The van der Waals surface area contributed by atoms with Crippen LogP contribution in [0.2, 0.25) is 5.02 Å². The second kappa shape index (κ2) is 7.77. The number of unbranched alkanes of at least 4 members (excludes halogenated alkanes) is 1. The van der Waals surface area contributed by atoms with Crippen LogP contribution >= 0.6 is 11.6 Å². The van der Waals surface area contributed by atoms with Gasteiger partial charge in [0.25, 0.3) is 0 Å². The molecule has 10 heteroatoms. The first-order valence-electron chi connectivity index (χ1n) is 10.8. The average Bonchev–Trinajstić information content (AvgIpc) is 3.30. The van der Waals surface area contributed by atoms with Crippen molar-refractivity contribution in [2.45, 2.75) is 45.4 Å². The van der Waals surface area contributed by atoms with Gasteiger partial charge in [0.05, 0.1) is 22.0 Å². The Balaban J connectivity index is 1.65. The van der Waals surface area contributed by atoms with Gasteiger partial charge in [-0.15, -0.1) is 0 Å². The third kappa shape index (κ3) is 3.31. The Morgan fingerprint density at radius 2 is 2.00 bits per heavy atom. The van der Waals surface area contributed by atoms with Crippen LogP contribution in [0.4, 0.5) is 11.6 Å². The van der Waals surface area contributed by atoms with Crippen LogP contribution in [0.1, 0.15) is 49.3 Å². The van der Waals surface area contributed by atoms with Crippen LogP contribution in [-0.4, -0.2) is 35.2 Å². The van der Waals surface area contributed by atoms with E-state index in [2.05, 4.69) is 32.2 Å². The SMILES string of the molecule is CCCCc1nc(-c2nc(N)c3c(n2)NC(=O)C3(C)c2ccc(Cl)cn2)cn2c(C)cnc12. The third-order valence-corrected chi connectivity index (χ3v) is 6.33. The van der Waals surface area contributed by atoms with Crippen LogP contribution in [0.25, 0.3) is 17.2 Å². The molecule has 0 aromatic carbocycles. The summed E-state index contributed by atoms with van der Waals surface area (Å²) in [6, 6.07) is 3.40. The highest BCUT2D eigenvalue weighted by Gasteiger charge is 2.48. The minimum Gasteiger partial charge on any atom is -0.383 e. The lowest BCUT2D eigenvalue weighted by molar-refractivity contribution is -0.119. The number of carbonyl (C=O) groups is 1. The molecule has 168 valence electrons. The Hall–Kier alpha value is -3.59. The van der Waals surface area contributed by atoms with Crippen molar-refractivity contribution in [3.63, 3.8) is 0 Å². The van der Waals surface area contributed by atoms with Gasteiger partial charge in [0.15, 0.2) is 11.5 Å². The molecule has 3 N–H and O–H groups in total. The lowest BCUT2D eigenvalue weighted by atomic mass is 9.81. The maximum Gasteiger partial charge on any atom is 0.242 e. The van der Waals surface area contributed by atoms with Gasteiger partial charge in [0, 0.05) is 24.3 Å². The molecule has 0 radical (unpaired) electrons. The number of halogens is 1. The predicted octanol–water partition coefficient (Wildman–Crippen LogP) is 3.73. The van der Waals surface area contributed by atoms with Crippen molar-refractivity contribution in [1.82, 2.24) is 29.3 Å². The number of carbonyl (C=O) groups excluding carboxylic acids is 1. The first-order chi connectivity index (χ1) is 15.8. The summed E-state index contributed by atoms with van der Waals surface area (Å²) >= 11 is 5.98. The summed E-state index contributed by atoms with van der Waals surface area (Å²) in [4.78, 5) is 35.9. The van der Waals surface area contributed by atoms with Crippen LogP contribution in [0.5, 0.6) is 0 Å². The van der Waals surface area contributed by atoms with E-state index < -0.39 is 5.41 Å². The number of anilines is 2. The van der Waals surface area contributed by atoms with E-state index in [4.69, 9.17) is 22.3 Å². The van der Waals surface area contributed by atoms with Crippen molar-refractivity contribution in [2.75, 3.05) is 11.1 Å². The lowest BCUT2D eigenvalue weighted by Crippen LogP contribution is -2.33. The molecule has 5 heterocycles. The van der Waals surface area contributed by atoms with E-state index in [1.165, 1.54) is 6.20 Å². The summed E-state index contributed by atoms with van der Waals surface area (Å²) in [5, 5.41) is 3.34. The fourth-order valence-electron chi connectivity index (χ4n) is 4.23. The second-order valence-electron chi connectivity index (χ2n) is 8.37. The molecule has 9 nitrogen and oxygen atoms in total. The molecule has 4 aromatic rings. The van der Waals surface area contributed by atoms with Gasteiger partial charge in [-0.1, -0.05) is 24.9 Å². The van der Waals surface area contributed by atoms with Gasteiger partial charge in [-0.05, 0) is 38.8 Å². The molecule has 0 spiro atoms. The number of nitrogens with zero attached hydrogens (tertiary/aromatic N) is 6. The molecule has 0 fully saturated rings. The van der Waals surface area contributed by atoms with E-state index in [0.29, 0.717) is 33.6 Å². The number of aromatic nitrogens is 6. The molecule has 5 rings (SSSR count). The fourth-order valence-corrected chi connectivity index (χ4v) is 4.34. The quantitative estimate of drug-likeness (QED) is 0.463. The van der Waals surface area contributed by atoms with Crippen molar-refractivity contribution in [1.29, 1.82) is 0 Å². The van der Waals surface area contributed by atoms with Crippen molar-refractivity contribution >= 4 is 34.8 Å². The van der Waals surface area contributed by atoms with E-state index in [9.17, 15) is 4.79 Å². The fraction of sp³-hybridized carbons (Fsp3) is 0.304. The average molecular weight is 463 g/mol. The predicted molar refractivity (Wildman–Crippen MR) is 126 cm³/mol. The number of hydrogen-bond acceptors (Lipinski definition) is 7. The topological polar surface area (TPSA) is 124 Å². The number of nitrogens with two attached hydrogens (primary N) is 1. The van der Waals surface area contributed by atoms with Crippen molar-refractivity contribution in [2.24, 2.45) is 0 Å². The molecule has 1 unspecified atom stereocenters. The van der Waals surface area contributed by atoms with Gasteiger partial charge in [0.2, 0.25) is 5.91 Å². The van der Waals surface area contributed by atoms with Crippen LogP contribution < -0.4 is 11.1 Å². The van der Waals surface area contributed by atoms with Gasteiger partial charge in [-0.3, -0.25) is 9.78 Å². The van der Waals surface area contributed by atoms with Crippen LogP contribution in [0.15, 0.2) is 30.7 Å². The van der Waals surface area contributed by atoms with E-state index in [1.54, 1.807) is 19.1 Å². The zero-order valence-electron chi connectivity index (χ0n) is 18.6. The molecule has 0 bridgehead atoms. The normalized spacial score (nSPS) is 17.4. The highest BCUT2D eigenvalue weighted by molar-refractivity contribution is 6.30. The highest BCUT2D eigenvalue weighted by atomic mass is 35.5. The largest absolute Gasteiger partial charge is 0.383 e. The van der Waals surface area contributed by atoms with Crippen LogP contribution in [0, 0.1) is 6.92 Å². The number of aryl methyl sites for hydroxylation is 2. The van der Waals surface area contributed by atoms with Gasteiger partial charge >= 0.3 is 0 Å². The number of amides is 1. The second-order valence-corrected chi connectivity index (χ2v) is 8.80. The van der Waals surface area contributed by atoms with Gasteiger partial charge < -0.3 is 15.5 Å². The third-order valence-electron chi connectivity index (χ3n) is 6.11. The van der Waals surface area contributed by atoms with Crippen LogP contribution in [0.3, 0.4) is 0 Å². The van der Waals surface area contributed by atoms with Gasteiger partial charge in [-0.2, -0.15) is 0 Å². The molecule has 4 aromatic heterocycles. The Kier molecular flexibility index (Phi) is 5.01. The van der Waals surface area contributed by atoms with Crippen molar-refractivity contribution < 1.29 is 4.79 Å². The highest BCUT2D eigenvalue weighted by Crippen LogP contribution is 2.44.